The standard InChI is InChI=1S/C37H70O4/c38-36(39)34-32-30-28-26-24-22-20-18-16-14-12-10-8-6-4-2-1-3-5-7-9-11-13-15-17-19-21-23-25-27-29-31-33-35-37(40)41/h32,34H,1-31,33,35H2,(H,38,39)(H,40,41). The first-order valence-electron chi connectivity index (χ1n) is 18.2. The highest BCUT2D eigenvalue weighted by molar-refractivity contribution is 5.79. The zero-order valence-corrected chi connectivity index (χ0v) is 27.2. The van der Waals surface area contributed by atoms with Gasteiger partial charge in [0.2, 0.25) is 0 Å². The van der Waals surface area contributed by atoms with Crippen LogP contribution in [0, 0.1) is 0 Å². The molecule has 0 unspecified atom stereocenters. The molecule has 0 aromatic rings. The summed E-state index contributed by atoms with van der Waals surface area (Å²) < 4.78 is 0. The second-order valence-electron chi connectivity index (χ2n) is 12.6. The molecule has 0 aromatic carbocycles. The Bertz CT molecular complexity index is 571. The highest BCUT2D eigenvalue weighted by Crippen LogP contribution is 2.17. The number of allylic oxidation sites excluding steroid dienone is 1. The van der Waals surface area contributed by atoms with Crippen LogP contribution in [-0.2, 0) is 9.59 Å². The molecule has 0 saturated carbocycles. The predicted molar refractivity (Wildman–Crippen MR) is 177 cm³/mol. The summed E-state index contributed by atoms with van der Waals surface area (Å²) >= 11 is 0. The van der Waals surface area contributed by atoms with Crippen molar-refractivity contribution in [3.63, 3.8) is 0 Å². The first-order valence-corrected chi connectivity index (χ1v) is 18.2. The van der Waals surface area contributed by atoms with Gasteiger partial charge in [0, 0.05) is 12.5 Å². The molecule has 0 amide bonds. The Morgan fingerprint density at radius 2 is 0.561 bits per heavy atom. The molecule has 2 N–H and O–H groups in total. The largest absolute Gasteiger partial charge is 0.481 e. The molecule has 0 saturated heterocycles. The Balaban J connectivity index is 3.06. The van der Waals surface area contributed by atoms with E-state index in [-0.39, 0.29) is 0 Å². The van der Waals surface area contributed by atoms with Crippen LogP contribution in [-0.4, -0.2) is 22.2 Å². The quantitative estimate of drug-likeness (QED) is 0.0579. The molecule has 0 fully saturated rings. The van der Waals surface area contributed by atoms with Crippen LogP contribution in [0.1, 0.15) is 212 Å². The van der Waals surface area contributed by atoms with Crippen LogP contribution in [0.15, 0.2) is 12.2 Å². The van der Waals surface area contributed by atoms with E-state index in [1.165, 1.54) is 186 Å². The van der Waals surface area contributed by atoms with E-state index in [4.69, 9.17) is 10.2 Å². The monoisotopic (exact) mass is 579 g/mol. The van der Waals surface area contributed by atoms with E-state index < -0.39 is 11.9 Å². The van der Waals surface area contributed by atoms with E-state index in [2.05, 4.69) is 0 Å². The summed E-state index contributed by atoms with van der Waals surface area (Å²) in [5, 5.41) is 17.2. The number of hydrogen-bond acceptors (Lipinski definition) is 2. The Morgan fingerprint density at radius 3 is 0.780 bits per heavy atom. The molecule has 242 valence electrons. The van der Waals surface area contributed by atoms with Gasteiger partial charge >= 0.3 is 11.9 Å². The van der Waals surface area contributed by atoms with Crippen molar-refractivity contribution in [2.75, 3.05) is 0 Å². The Hall–Kier alpha value is -1.32. The maximum absolute atomic E-state index is 10.5. The molecule has 41 heavy (non-hydrogen) atoms. The van der Waals surface area contributed by atoms with E-state index in [0.29, 0.717) is 6.42 Å². The number of rotatable bonds is 35. The summed E-state index contributed by atoms with van der Waals surface area (Å²) in [6, 6.07) is 0. The smallest absolute Gasteiger partial charge is 0.327 e. The van der Waals surface area contributed by atoms with Crippen molar-refractivity contribution in [3.8, 4) is 0 Å². The zero-order valence-electron chi connectivity index (χ0n) is 27.2. The number of carbonyl (C=O) groups is 2. The van der Waals surface area contributed by atoms with Gasteiger partial charge in [-0.3, -0.25) is 4.79 Å². The topological polar surface area (TPSA) is 74.6 Å². The minimum Gasteiger partial charge on any atom is -0.481 e. The highest BCUT2D eigenvalue weighted by atomic mass is 16.4. The third kappa shape index (κ3) is 38.7. The fourth-order valence-corrected chi connectivity index (χ4v) is 5.85. The lowest BCUT2D eigenvalue weighted by atomic mass is 10.0. The molecule has 0 atom stereocenters. The molecule has 0 radical (unpaired) electrons. The van der Waals surface area contributed by atoms with Crippen LogP contribution in [0.3, 0.4) is 0 Å². The molecular weight excluding hydrogens is 508 g/mol. The molecule has 0 aliphatic rings. The summed E-state index contributed by atoms with van der Waals surface area (Å²) in [4.78, 5) is 20.9. The number of carboxylic acid groups (broad SMARTS) is 2. The van der Waals surface area contributed by atoms with Gasteiger partial charge in [-0.15, -0.1) is 0 Å². The van der Waals surface area contributed by atoms with Crippen LogP contribution in [0.2, 0.25) is 0 Å². The third-order valence-electron chi connectivity index (χ3n) is 8.52. The van der Waals surface area contributed by atoms with Crippen LogP contribution in [0.4, 0.5) is 0 Å². The van der Waals surface area contributed by atoms with E-state index in [1.54, 1.807) is 6.08 Å². The van der Waals surface area contributed by atoms with Gasteiger partial charge in [-0.25, -0.2) is 4.79 Å². The molecule has 4 heteroatoms. The fraction of sp³-hybridized carbons (Fsp3) is 0.892. The molecule has 0 aromatic heterocycles. The first-order chi connectivity index (χ1) is 20.1. The number of hydrogen-bond donors (Lipinski definition) is 2. The summed E-state index contributed by atoms with van der Waals surface area (Å²) in [6.45, 7) is 0. The number of unbranched alkanes of at least 4 members (excludes halogenated alkanes) is 31. The average Bonchev–Trinajstić information content (AvgIpc) is 2.94. The molecule has 0 heterocycles. The van der Waals surface area contributed by atoms with Crippen molar-refractivity contribution >= 4 is 11.9 Å². The van der Waals surface area contributed by atoms with E-state index in [1.807, 2.05) is 0 Å². The third-order valence-corrected chi connectivity index (χ3v) is 8.52. The Labute approximate surface area is 255 Å². The average molecular weight is 579 g/mol. The first kappa shape index (κ1) is 39.7. The minimum atomic E-state index is -0.834. The van der Waals surface area contributed by atoms with Crippen molar-refractivity contribution in [1.82, 2.24) is 0 Å². The van der Waals surface area contributed by atoms with Crippen LogP contribution < -0.4 is 0 Å². The van der Waals surface area contributed by atoms with E-state index >= 15 is 0 Å². The van der Waals surface area contributed by atoms with Crippen molar-refractivity contribution in [1.29, 1.82) is 0 Å². The number of carboxylic acids is 2. The van der Waals surface area contributed by atoms with Gasteiger partial charge in [0.25, 0.3) is 0 Å². The predicted octanol–water partition coefficient (Wildman–Crippen LogP) is 12.6. The number of aliphatic carboxylic acids is 2. The molecule has 0 bridgehead atoms. The maximum atomic E-state index is 10.5. The van der Waals surface area contributed by atoms with Gasteiger partial charge in [0.1, 0.15) is 0 Å². The lowest BCUT2D eigenvalue weighted by Gasteiger charge is -2.05. The van der Waals surface area contributed by atoms with E-state index in [9.17, 15) is 9.59 Å². The van der Waals surface area contributed by atoms with Crippen molar-refractivity contribution in [2.24, 2.45) is 0 Å². The van der Waals surface area contributed by atoms with Gasteiger partial charge in [-0.05, 0) is 19.3 Å². The van der Waals surface area contributed by atoms with Crippen molar-refractivity contribution in [2.45, 2.75) is 212 Å². The molecule has 0 spiro atoms. The summed E-state index contributed by atoms with van der Waals surface area (Å²) in [7, 11) is 0. The molecular formula is C37H70O4. The molecule has 0 aliphatic carbocycles. The van der Waals surface area contributed by atoms with Gasteiger partial charge in [-0.2, -0.15) is 0 Å². The van der Waals surface area contributed by atoms with Crippen LogP contribution in [0.5, 0.6) is 0 Å². The van der Waals surface area contributed by atoms with Crippen molar-refractivity contribution in [3.05, 3.63) is 12.2 Å². The summed E-state index contributed by atoms with van der Waals surface area (Å²) in [6.07, 6.45) is 46.3. The normalized spacial score (nSPS) is 11.5. The second-order valence-corrected chi connectivity index (χ2v) is 12.6. The fourth-order valence-electron chi connectivity index (χ4n) is 5.85. The summed E-state index contributed by atoms with van der Waals surface area (Å²) in [5.74, 6) is -1.49. The maximum Gasteiger partial charge on any atom is 0.327 e. The highest BCUT2D eigenvalue weighted by Gasteiger charge is 1.98. The Morgan fingerprint density at radius 1 is 0.341 bits per heavy atom. The lowest BCUT2D eigenvalue weighted by Crippen LogP contribution is -1.93. The van der Waals surface area contributed by atoms with Gasteiger partial charge in [0.05, 0.1) is 0 Å². The zero-order chi connectivity index (χ0) is 29.9. The van der Waals surface area contributed by atoms with Gasteiger partial charge in [0.15, 0.2) is 0 Å². The second kappa shape index (κ2) is 34.9. The van der Waals surface area contributed by atoms with Crippen LogP contribution in [0.25, 0.3) is 0 Å². The molecule has 0 rings (SSSR count). The lowest BCUT2D eigenvalue weighted by molar-refractivity contribution is -0.137. The van der Waals surface area contributed by atoms with E-state index in [0.717, 1.165) is 25.7 Å². The van der Waals surface area contributed by atoms with Gasteiger partial charge < -0.3 is 10.2 Å². The molecule has 0 aliphatic heterocycles. The summed E-state index contributed by atoms with van der Waals surface area (Å²) in [5.41, 5.74) is 0. The van der Waals surface area contributed by atoms with Crippen LogP contribution >= 0.6 is 0 Å². The SMILES string of the molecule is O=C(O)C=CCCCCCCCCCCCCCCCCCCCCCCCCCCCCCCCCCC(=O)O. The molecule has 4 nitrogen and oxygen atoms in total. The van der Waals surface area contributed by atoms with Gasteiger partial charge in [-0.1, -0.05) is 192 Å². The van der Waals surface area contributed by atoms with Crippen molar-refractivity contribution < 1.29 is 19.8 Å². The minimum absolute atomic E-state index is 0.339. The Kier molecular flexibility index (Phi) is 33.8.